The standard InChI is InChI=1S/C7H18NO3P/c1-6(2)8(7(3)4)12(9,10)11-5/h6-7H,1-5H3,(H,9,10)/p+1. The number of hydrogen-bond acceptors (Lipinski definition) is 2. The van der Waals surface area contributed by atoms with E-state index in [1.807, 2.05) is 27.7 Å². The quantitative estimate of drug-likeness (QED) is 0.641. The minimum Gasteiger partial charge on any atom is -0.279 e. The summed E-state index contributed by atoms with van der Waals surface area (Å²) in [5.41, 5.74) is 0. The summed E-state index contributed by atoms with van der Waals surface area (Å²) < 4.78 is 16.7. The number of quaternary nitrogens is 1. The molecule has 0 spiro atoms. The number of hydrogen-bond donors (Lipinski definition) is 2. The van der Waals surface area contributed by atoms with Gasteiger partial charge in [-0.15, -0.1) is 0 Å². The lowest BCUT2D eigenvalue weighted by Crippen LogP contribution is -3.13. The van der Waals surface area contributed by atoms with Crippen LogP contribution in [0.25, 0.3) is 0 Å². The summed E-state index contributed by atoms with van der Waals surface area (Å²) in [7, 11) is -2.21. The second-order valence-electron chi connectivity index (χ2n) is 3.44. The highest BCUT2D eigenvalue weighted by Crippen LogP contribution is 2.30. The second kappa shape index (κ2) is 4.38. The maximum absolute atomic E-state index is 11.5. The van der Waals surface area contributed by atoms with Crippen LogP contribution in [0, 0.1) is 0 Å². The van der Waals surface area contributed by atoms with Crippen LogP contribution in [0.3, 0.4) is 0 Å². The molecule has 0 heterocycles. The van der Waals surface area contributed by atoms with Crippen molar-refractivity contribution in [1.82, 2.24) is 0 Å². The molecule has 0 aliphatic carbocycles. The summed E-state index contributed by atoms with van der Waals surface area (Å²) in [4.78, 5) is 9.42. The Balaban J connectivity index is 4.63. The van der Waals surface area contributed by atoms with Gasteiger partial charge >= 0.3 is 7.75 Å². The van der Waals surface area contributed by atoms with Crippen LogP contribution in [0.2, 0.25) is 0 Å². The van der Waals surface area contributed by atoms with Crippen LogP contribution in [0.15, 0.2) is 0 Å². The summed E-state index contributed by atoms with van der Waals surface area (Å²) in [5, 5.41) is 0. The first kappa shape index (κ1) is 12.1. The molecule has 0 aliphatic heterocycles. The van der Waals surface area contributed by atoms with Crippen molar-refractivity contribution >= 4 is 7.75 Å². The van der Waals surface area contributed by atoms with Crippen molar-refractivity contribution < 1.29 is 18.7 Å². The first-order valence-electron chi connectivity index (χ1n) is 4.08. The van der Waals surface area contributed by atoms with Gasteiger partial charge in [0, 0.05) is 0 Å². The monoisotopic (exact) mass is 196 g/mol. The van der Waals surface area contributed by atoms with E-state index < -0.39 is 7.75 Å². The summed E-state index contributed by atoms with van der Waals surface area (Å²) in [6, 6.07) is 0.168. The summed E-state index contributed by atoms with van der Waals surface area (Å²) in [6.07, 6.45) is 0. The van der Waals surface area contributed by atoms with Gasteiger partial charge in [0.2, 0.25) is 0 Å². The number of rotatable bonds is 4. The van der Waals surface area contributed by atoms with Gasteiger partial charge in [-0.2, -0.15) is 0 Å². The molecule has 1 unspecified atom stereocenters. The van der Waals surface area contributed by atoms with Crippen LogP contribution in [-0.2, 0) is 9.09 Å². The molecule has 5 heteroatoms. The van der Waals surface area contributed by atoms with Gasteiger partial charge in [-0.3, -0.25) is 9.42 Å². The van der Waals surface area contributed by atoms with Crippen molar-refractivity contribution in [2.24, 2.45) is 0 Å². The lowest BCUT2D eigenvalue weighted by atomic mass is 10.3. The van der Waals surface area contributed by atoms with Crippen molar-refractivity contribution in [2.45, 2.75) is 39.8 Å². The van der Waals surface area contributed by atoms with Gasteiger partial charge in [-0.25, -0.2) is 9.24 Å². The van der Waals surface area contributed by atoms with E-state index in [0.717, 1.165) is 0 Å². The van der Waals surface area contributed by atoms with Crippen LogP contribution >= 0.6 is 7.75 Å². The van der Waals surface area contributed by atoms with E-state index in [1.54, 1.807) is 0 Å². The average Bonchev–Trinajstić information content (AvgIpc) is 1.84. The maximum atomic E-state index is 11.5. The Morgan fingerprint density at radius 1 is 1.25 bits per heavy atom. The molecule has 1 atom stereocenters. The molecule has 4 nitrogen and oxygen atoms in total. The van der Waals surface area contributed by atoms with Gasteiger partial charge < -0.3 is 0 Å². The van der Waals surface area contributed by atoms with E-state index in [2.05, 4.69) is 4.52 Å². The zero-order valence-electron chi connectivity index (χ0n) is 8.37. The van der Waals surface area contributed by atoms with Crippen molar-refractivity contribution in [2.75, 3.05) is 7.11 Å². The highest BCUT2D eigenvalue weighted by atomic mass is 31.2. The Morgan fingerprint density at radius 3 is 1.67 bits per heavy atom. The van der Waals surface area contributed by atoms with E-state index in [4.69, 9.17) is 0 Å². The fraction of sp³-hybridized carbons (Fsp3) is 1.00. The molecular weight excluding hydrogens is 177 g/mol. The third kappa shape index (κ3) is 2.87. The molecule has 0 radical (unpaired) electrons. The van der Waals surface area contributed by atoms with Crippen molar-refractivity contribution in [3.05, 3.63) is 0 Å². The minimum absolute atomic E-state index is 0.0841. The molecule has 0 fully saturated rings. The molecule has 0 aliphatic rings. The van der Waals surface area contributed by atoms with Gasteiger partial charge in [0.05, 0.1) is 19.2 Å². The first-order valence-corrected chi connectivity index (χ1v) is 5.66. The second-order valence-corrected chi connectivity index (χ2v) is 5.36. The lowest BCUT2D eigenvalue weighted by Gasteiger charge is -2.28. The average molecular weight is 196 g/mol. The van der Waals surface area contributed by atoms with Crippen molar-refractivity contribution in [3.63, 3.8) is 0 Å². The zero-order chi connectivity index (χ0) is 9.94. The highest BCUT2D eigenvalue weighted by molar-refractivity contribution is 7.45. The normalized spacial score (nSPS) is 17.4. The largest absolute Gasteiger partial charge is 0.527 e. The Morgan fingerprint density at radius 2 is 1.58 bits per heavy atom. The van der Waals surface area contributed by atoms with Gasteiger partial charge in [0.1, 0.15) is 0 Å². The van der Waals surface area contributed by atoms with E-state index in [9.17, 15) is 9.46 Å². The molecule has 0 bridgehead atoms. The Kier molecular flexibility index (Phi) is 4.42. The molecule has 12 heavy (non-hydrogen) atoms. The van der Waals surface area contributed by atoms with Crippen LogP contribution < -0.4 is 4.67 Å². The molecule has 0 aromatic heterocycles. The van der Waals surface area contributed by atoms with E-state index in [1.165, 1.54) is 7.11 Å². The van der Waals surface area contributed by atoms with Crippen LogP contribution in [0.5, 0.6) is 0 Å². The highest BCUT2D eigenvalue weighted by Gasteiger charge is 2.37. The SMILES string of the molecule is COP(=O)(O)[NH+](C(C)C)C(C)C. The van der Waals surface area contributed by atoms with Gasteiger partial charge in [0.25, 0.3) is 0 Å². The minimum atomic E-state index is -3.48. The summed E-state index contributed by atoms with van der Waals surface area (Å²) in [5.74, 6) is 0. The predicted octanol–water partition coefficient (Wildman–Crippen LogP) is 0.435. The van der Waals surface area contributed by atoms with Gasteiger partial charge in [-0.05, 0) is 27.7 Å². The Labute approximate surface area is 74.1 Å². The number of nitrogens with one attached hydrogen (secondary N) is 1. The predicted molar refractivity (Wildman–Crippen MR) is 48.1 cm³/mol. The van der Waals surface area contributed by atoms with E-state index in [-0.39, 0.29) is 12.1 Å². The third-order valence-corrected chi connectivity index (χ3v) is 3.94. The van der Waals surface area contributed by atoms with Crippen molar-refractivity contribution in [1.29, 1.82) is 0 Å². The molecule has 0 saturated carbocycles. The molecule has 2 N–H and O–H groups in total. The third-order valence-electron chi connectivity index (χ3n) is 1.76. The zero-order valence-corrected chi connectivity index (χ0v) is 9.26. The van der Waals surface area contributed by atoms with Crippen LogP contribution in [0.4, 0.5) is 0 Å². The van der Waals surface area contributed by atoms with E-state index >= 15 is 0 Å². The van der Waals surface area contributed by atoms with Crippen LogP contribution in [-0.4, -0.2) is 24.1 Å². The van der Waals surface area contributed by atoms with Gasteiger partial charge in [0.15, 0.2) is 0 Å². The van der Waals surface area contributed by atoms with Crippen molar-refractivity contribution in [3.8, 4) is 0 Å². The lowest BCUT2D eigenvalue weighted by molar-refractivity contribution is -0.834. The molecule has 0 aromatic carbocycles. The molecule has 0 amide bonds. The fourth-order valence-corrected chi connectivity index (χ4v) is 2.94. The Hall–Kier alpha value is 0.110. The fourth-order valence-electron chi connectivity index (χ4n) is 1.42. The maximum Gasteiger partial charge on any atom is 0.527 e. The molecule has 0 aromatic rings. The van der Waals surface area contributed by atoms with E-state index in [0.29, 0.717) is 4.67 Å². The molecule has 0 saturated heterocycles. The topological polar surface area (TPSA) is 51.0 Å². The first-order chi connectivity index (χ1) is 5.33. The van der Waals surface area contributed by atoms with Gasteiger partial charge in [-0.1, -0.05) is 0 Å². The smallest absolute Gasteiger partial charge is 0.279 e. The van der Waals surface area contributed by atoms with Crippen LogP contribution in [0.1, 0.15) is 27.7 Å². The summed E-state index contributed by atoms with van der Waals surface area (Å²) in [6.45, 7) is 7.60. The Bertz CT molecular complexity index is 173. The summed E-state index contributed by atoms with van der Waals surface area (Å²) >= 11 is 0. The molecule has 0 rings (SSSR count). The molecule has 74 valence electrons. The molecular formula is C7H19NO3P+.